The predicted molar refractivity (Wildman–Crippen MR) is 96.3 cm³/mol. The highest BCUT2D eigenvalue weighted by atomic mass is 35.5. The number of halogens is 2. The standard InChI is InChI=1S/C17H15Cl2N3O3/c18-10-3-5-12(16(23)22-15-6-4-11(19)9-20-15)13(8-10)21-17(24)14-2-1-7-25-14/h3-6,8-9,14H,1-2,7H2,(H,21,24)(H,20,22,23). The van der Waals surface area contributed by atoms with Crippen molar-refractivity contribution >= 4 is 46.5 Å². The van der Waals surface area contributed by atoms with Crippen LogP contribution in [0.5, 0.6) is 0 Å². The number of rotatable bonds is 4. The number of nitrogens with zero attached hydrogens (tertiary/aromatic N) is 1. The van der Waals surface area contributed by atoms with Crippen LogP contribution in [0.1, 0.15) is 23.2 Å². The highest BCUT2D eigenvalue weighted by Crippen LogP contribution is 2.24. The first kappa shape index (κ1) is 17.7. The Bertz CT molecular complexity index is 790. The Kier molecular flexibility index (Phi) is 5.53. The zero-order valence-electron chi connectivity index (χ0n) is 13.1. The molecule has 2 amide bonds. The first-order chi connectivity index (χ1) is 12.0. The quantitative estimate of drug-likeness (QED) is 0.847. The van der Waals surface area contributed by atoms with Gasteiger partial charge in [-0.3, -0.25) is 9.59 Å². The van der Waals surface area contributed by atoms with E-state index in [1.807, 2.05) is 0 Å². The molecule has 0 aliphatic carbocycles. The summed E-state index contributed by atoms with van der Waals surface area (Å²) in [7, 11) is 0. The molecule has 2 heterocycles. The molecule has 1 unspecified atom stereocenters. The lowest BCUT2D eigenvalue weighted by atomic mass is 10.1. The summed E-state index contributed by atoms with van der Waals surface area (Å²) in [5, 5.41) is 6.25. The summed E-state index contributed by atoms with van der Waals surface area (Å²) < 4.78 is 5.36. The molecule has 1 aliphatic rings. The molecule has 3 rings (SSSR count). The van der Waals surface area contributed by atoms with E-state index < -0.39 is 12.0 Å². The molecule has 0 radical (unpaired) electrons. The maximum atomic E-state index is 12.5. The predicted octanol–water partition coefficient (Wildman–Crippen LogP) is 3.76. The van der Waals surface area contributed by atoms with E-state index in [1.165, 1.54) is 12.3 Å². The molecule has 1 atom stereocenters. The van der Waals surface area contributed by atoms with Crippen LogP contribution < -0.4 is 10.6 Å². The lowest BCUT2D eigenvalue weighted by Gasteiger charge is -2.14. The van der Waals surface area contributed by atoms with Crippen molar-refractivity contribution in [2.75, 3.05) is 17.2 Å². The van der Waals surface area contributed by atoms with Crippen molar-refractivity contribution in [2.24, 2.45) is 0 Å². The lowest BCUT2D eigenvalue weighted by molar-refractivity contribution is -0.124. The highest BCUT2D eigenvalue weighted by Gasteiger charge is 2.25. The van der Waals surface area contributed by atoms with Gasteiger partial charge in [-0.2, -0.15) is 0 Å². The molecule has 2 N–H and O–H groups in total. The van der Waals surface area contributed by atoms with Gasteiger partial charge >= 0.3 is 0 Å². The number of anilines is 2. The van der Waals surface area contributed by atoms with E-state index in [-0.39, 0.29) is 11.5 Å². The number of hydrogen-bond donors (Lipinski definition) is 2. The number of benzene rings is 1. The van der Waals surface area contributed by atoms with Crippen molar-refractivity contribution in [3.05, 3.63) is 52.1 Å². The average Bonchev–Trinajstić information content (AvgIpc) is 3.11. The SMILES string of the molecule is O=C(Nc1ccc(Cl)cn1)c1ccc(Cl)cc1NC(=O)C1CCCO1. The van der Waals surface area contributed by atoms with Crippen molar-refractivity contribution in [1.29, 1.82) is 0 Å². The van der Waals surface area contributed by atoms with Crippen LogP contribution in [0.4, 0.5) is 11.5 Å². The van der Waals surface area contributed by atoms with Gasteiger partial charge in [-0.25, -0.2) is 4.98 Å². The van der Waals surface area contributed by atoms with Crippen LogP contribution in [0.3, 0.4) is 0 Å². The van der Waals surface area contributed by atoms with E-state index in [1.54, 1.807) is 24.3 Å². The summed E-state index contributed by atoms with van der Waals surface area (Å²) in [6.45, 7) is 0.559. The Morgan fingerprint density at radius 1 is 1.12 bits per heavy atom. The highest BCUT2D eigenvalue weighted by molar-refractivity contribution is 6.31. The van der Waals surface area contributed by atoms with Crippen molar-refractivity contribution in [3.8, 4) is 0 Å². The number of carbonyl (C=O) groups excluding carboxylic acids is 2. The van der Waals surface area contributed by atoms with Gasteiger partial charge < -0.3 is 15.4 Å². The zero-order valence-corrected chi connectivity index (χ0v) is 14.6. The number of nitrogens with one attached hydrogen (secondary N) is 2. The molecule has 1 aromatic heterocycles. The Morgan fingerprint density at radius 2 is 1.92 bits per heavy atom. The van der Waals surface area contributed by atoms with Gasteiger partial charge in [0, 0.05) is 17.8 Å². The molecule has 1 saturated heterocycles. The van der Waals surface area contributed by atoms with Gasteiger partial charge in [0.2, 0.25) is 0 Å². The number of carbonyl (C=O) groups is 2. The van der Waals surface area contributed by atoms with Crippen LogP contribution in [-0.2, 0) is 9.53 Å². The Morgan fingerprint density at radius 3 is 2.60 bits per heavy atom. The third-order valence-corrected chi connectivity index (χ3v) is 4.13. The first-order valence-electron chi connectivity index (χ1n) is 7.68. The van der Waals surface area contributed by atoms with Gasteiger partial charge in [0.25, 0.3) is 11.8 Å². The summed E-state index contributed by atoms with van der Waals surface area (Å²) >= 11 is 11.8. The van der Waals surface area contributed by atoms with Crippen LogP contribution in [0.2, 0.25) is 10.0 Å². The third kappa shape index (κ3) is 4.48. The molecule has 1 aliphatic heterocycles. The smallest absolute Gasteiger partial charge is 0.258 e. The molecule has 8 heteroatoms. The minimum Gasteiger partial charge on any atom is -0.368 e. The maximum Gasteiger partial charge on any atom is 0.258 e. The third-order valence-electron chi connectivity index (χ3n) is 3.68. The summed E-state index contributed by atoms with van der Waals surface area (Å²) in [6, 6.07) is 7.84. The van der Waals surface area contributed by atoms with Crippen molar-refractivity contribution < 1.29 is 14.3 Å². The molecular formula is C17H15Cl2N3O3. The maximum absolute atomic E-state index is 12.5. The number of aromatic nitrogens is 1. The summed E-state index contributed by atoms with van der Waals surface area (Å²) in [6.07, 6.45) is 2.41. The number of hydrogen-bond acceptors (Lipinski definition) is 4. The van der Waals surface area contributed by atoms with Crippen molar-refractivity contribution in [3.63, 3.8) is 0 Å². The van der Waals surface area contributed by atoms with E-state index in [2.05, 4.69) is 15.6 Å². The van der Waals surface area contributed by atoms with Crippen LogP contribution in [0.15, 0.2) is 36.5 Å². The fraction of sp³-hybridized carbons (Fsp3) is 0.235. The van der Waals surface area contributed by atoms with E-state index >= 15 is 0 Å². The largest absolute Gasteiger partial charge is 0.368 e. The second kappa shape index (κ2) is 7.82. The summed E-state index contributed by atoms with van der Waals surface area (Å²) in [5.74, 6) is -0.367. The molecule has 0 bridgehead atoms. The van der Waals surface area contributed by atoms with Gasteiger partial charge in [0.1, 0.15) is 11.9 Å². The molecule has 0 saturated carbocycles. The number of pyridine rings is 1. The Balaban J connectivity index is 1.79. The topological polar surface area (TPSA) is 80.3 Å². The van der Waals surface area contributed by atoms with Crippen molar-refractivity contribution in [2.45, 2.75) is 18.9 Å². The molecular weight excluding hydrogens is 365 g/mol. The zero-order chi connectivity index (χ0) is 17.8. The number of ether oxygens (including phenoxy) is 1. The van der Waals surface area contributed by atoms with E-state index in [0.29, 0.717) is 34.6 Å². The van der Waals surface area contributed by atoms with Crippen LogP contribution in [0.25, 0.3) is 0 Å². The Hall–Kier alpha value is -2.15. The van der Waals surface area contributed by atoms with Crippen LogP contribution >= 0.6 is 23.2 Å². The van der Waals surface area contributed by atoms with Gasteiger partial charge in [-0.05, 0) is 43.2 Å². The molecule has 1 fully saturated rings. The fourth-order valence-corrected chi connectivity index (χ4v) is 2.73. The minimum atomic E-state index is -0.507. The van der Waals surface area contributed by atoms with Gasteiger partial charge in [0.15, 0.2) is 0 Å². The van der Waals surface area contributed by atoms with Gasteiger partial charge in [0.05, 0.1) is 16.3 Å². The average molecular weight is 380 g/mol. The molecule has 1 aromatic carbocycles. The molecule has 130 valence electrons. The monoisotopic (exact) mass is 379 g/mol. The van der Waals surface area contributed by atoms with Crippen LogP contribution in [-0.4, -0.2) is 29.5 Å². The summed E-state index contributed by atoms with van der Waals surface area (Å²) in [5.41, 5.74) is 0.590. The first-order valence-corrected chi connectivity index (χ1v) is 8.43. The van der Waals surface area contributed by atoms with Gasteiger partial charge in [-0.15, -0.1) is 0 Å². The number of amides is 2. The van der Waals surface area contributed by atoms with E-state index in [9.17, 15) is 9.59 Å². The second-order valence-electron chi connectivity index (χ2n) is 5.50. The fourth-order valence-electron chi connectivity index (χ4n) is 2.45. The van der Waals surface area contributed by atoms with Crippen molar-refractivity contribution in [1.82, 2.24) is 4.98 Å². The molecule has 25 heavy (non-hydrogen) atoms. The van der Waals surface area contributed by atoms with E-state index in [4.69, 9.17) is 27.9 Å². The second-order valence-corrected chi connectivity index (χ2v) is 6.37. The minimum absolute atomic E-state index is 0.271. The summed E-state index contributed by atoms with van der Waals surface area (Å²) in [4.78, 5) is 28.8. The van der Waals surface area contributed by atoms with Gasteiger partial charge in [-0.1, -0.05) is 23.2 Å². The van der Waals surface area contributed by atoms with Crippen LogP contribution in [0, 0.1) is 0 Å². The molecule has 2 aromatic rings. The Labute approximate surface area is 154 Å². The molecule has 6 nitrogen and oxygen atoms in total. The normalized spacial score (nSPS) is 16.5. The van der Waals surface area contributed by atoms with E-state index in [0.717, 1.165) is 6.42 Å². The lowest BCUT2D eigenvalue weighted by Crippen LogP contribution is -2.28. The molecule has 0 spiro atoms.